The van der Waals surface area contributed by atoms with Crippen molar-refractivity contribution in [2.24, 2.45) is 5.92 Å². The van der Waals surface area contributed by atoms with E-state index in [0.717, 1.165) is 36.1 Å². The summed E-state index contributed by atoms with van der Waals surface area (Å²) in [6, 6.07) is 19.3. The van der Waals surface area contributed by atoms with E-state index in [9.17, 15) is 14.4 Å². The summed E-state index contributed by atoms with van der Waals surface area (Å²) in [4.78, 5) is 42.0. The van der Waals surface area contributed by atoms with Gasteiger partial charge in [0.1, 0.15) is 12.1 Å². The number of urea groups is 1. The number of piperidine rings is 1. The number of nitrogens with one attached hydrogen (secondary N) is 1. The SMILES string of the molecule is CCCC1(c2ccccc2)NC(=O)N(CC(=O)N2CCC(Cc3ccccc3)CC2)C1=O. The molecule has 4 rings (SSSR count). The zero-order valence-corrected chi connectivity index (χ0v) is 18.6. The van der Waals surface area contributed by atoms with Gasteiger partial charge in [-0.2, -0.15) is 0 Å². The summed E-state index contributed by atoms with van der Waals surface area (Å²) in [5.74, 6) is 0.0586. The van der Waals surface area contributed by atoms with Gasteiger partial charge in [-0.3, -0.25) is 14.5 Å². The molecular weight excluding hydrogens is 402 g/mol. The molecule has 6 heteroatoms. The number of nitrogens with zero attached hydrogens (tertiary/aromatic N) is 2. The molecule has 2 aliphatic heterocycles. The molecule has 0 aromatic heterocycles. The highest BCUT2D eigenvalue weighted by Gasteiger charge is 2.52. The standard InChI is InChI=1S/C26H31N3O3/c1-2-15-26(22-11-7-4-8-12-22)24(31)29(25(32)27-26)19-23(30)28-16-13-21(14-17-28)18-20-9-5-3-6-10-20/h3-12,21H,2,13-19H2,1H3,(H,27,32). The Hall–Kier alpha value is -3.15. The lowest BCUT2D eigenvalue weighted by molar-refractivity contribution is -0.140. The average molecular weight is 434 g/mol. The lowest BCUT2D eigenvalue weighted by Gasteiger charge is -2.33. The Bertz CT molecular complexity index is 955. The van der Waals surface area contributed by atoms with Gasteiger partial charge in [-0.15, -0.1) is 0 Å². The summed E-state index contributed by atoms with van der Waals surface area (Å²) < 4.78 is 0. The Balaban J connectivity index is 1.38. The van der Waals surface area contributed by atoms with Crippen LogP contribution in [0.15, 0.2) is 60.7 Å². The maximum atomic E-state index is 13.4. The predicted molar refractivity (Wildman–Crippen MR) is 123 cm³/mol. The molecule has 2 saturated heterocycles. The minimum atomic E-state index is -1.09. The zero-order valence-electron chi connectivity index (χ0n) is 18.6. The Labute approximate surface area is 189 Å². The van der Waals surface area contributed by atoms with Crippen molar-refractivity contribution >= 4 is 17.8 Å². The topological polar surface area (TPSA) is 69.7 Å². The first-order valence-corrected chi connectivity index (χ1v) is 11.5. The molecule has 1 atom stereocenters. The first-order valence-electron chi connectivity index (χ1n) is 11.5. The van der Waals surface area contributed by atoms with E-state index in [2.05, 4.69) is 29.6 Å². The second kappa shape index (κ2) is 9.55. The molecule has 0 saturated carbocycles. The van der Waals surface area contributed by atoms with Crippen LogP contribution in [0.2, 0.25) is 0 Å². The quantitative estimate of drug-likeness (QED) is 0.677. The fourth-order valence-corrected chi connectivity index (χ4v) is 4.95. The van der Waals surface area contributed by atoms with Gasteiger partial charge in [0.05, 0.1) is 0 Å². The van der Waals surface area contributed by atoms with E-state index >= 15 is 0 Å². The van der Waals surface area contributed by atoms with Gasteiger partial charge in [-0.25, -0.2) is 4.79 Å². The summed E-state index contributed by atoms with van der Waals surface area (Å²) in [7, 11) is 0. The van der Waals surface area contributed by atoms with Crippen LogP contribution in [0.25, 0.3) is 0 Å². The van der Waals surface area contributed by atoms with Gasteiger partial charge in [-0.1, -0.05) is 74.0 Å². The number of carbonyl (C=O) groups is 3. The molecule has 1 unspecified atom stereocenters. The molecule has 2 fully saturated rings. The predicted octanol–water partition coefficient (Wildman–Crippen LogP) is 3.72. The third-order valence-electron chi connectivity index (χ3n) is 6.70. The van der Waals surface area contributed by atoms with Gasteiger partial charge in [0.25, 0.3) is 5.91 Å². The number of benzene rings is 2. The molecule has 2 heterocycles. The van der Waals surface area contributed by atoms with Gasteiger partial charge < -0.3 is 10.2 Å². The van der Waals surface area contributed by atoms with E-state index < -0.39 is 11.6 Å². The highest BCUT2D eigenvalue weighted by molar-refractivity contribution is 6.09. The molecule has 0 radical (unpaired) electrons. The maximum Gasteiger partial charge on any atom is 0.325 e. The van der Waals surface area contributed by atoms with Crippen LogP contribution in [0, 0.1) is 5.92 Å². The average Bonchev–Trinajstić information content (AvgIpc) is 3.06. The number of hydrogen-bond acceptors (Lipinski definition) is 3. The first-order chi connectivity index (χ1) is 15.5. The molecule has 6 nitrogen and oxygen atoms in total. The van der Waals surface area contributed by atoms with Crippen molar-refractivity contribution in [3.63, 3.8) is 0 Å². The van der Waals surface area contributed by atoms with Gasteiger partial charge in [0, 0.05) is 13.1 Å². The minimum absolute atomic E-state index is 0.160. The summed E-state index contributed by atoms with van der Waals surface area (Å²) >= 11 is 0. The number of amides is 4. The monoisotopic (exact) mass is 433 g/mol. The van der Waals surface area contributed by atoms with Crippen LogP contribution in [-0.2, 0) is 21.5 Å². The van der Waals surface area contributed by atoms with Crippen LogP contribution >= 0.6 is 0 Å². The van der Waals surface area contributed by atoms with Gasteiger partial charge in [0.2, 0.25) is 5.91 Å². The van der Waals surface area contributed by atoms with Crippen molar-refractivity contribution in [1.29, 1.82) is 0 Å². The van der Waals surface area contributed by atoms with E-state index in [-0.39, 0.29) is 18.4 Å². The van der Waals surface area contributed by atoms with Crippen LogP contribution in [0.5, 0.6) is 0 Å². The molecule has 0 spiro atoms. The van der Waals surface area contributed by atoms with E-state index in [4.69, 9.17) is 0 Å². The molecule has 2 aromatic carbocycles. The molecule has 0 bridgehead atoms. The van der Waals surface area contributed by atoms with E-state index in [0.29, 0.717) is 25.4 Å². The normalized spacial score (nSPS) is 21.7. The van der Waals surface area contributed by atoms with E-state index in [1.54, 1.807) is 4.90 Å². The van der Waals surface area contributed by atoms with E-state index in [1.165, 1.54) is 5.56 Å². The molecule has 2 aromatic rings. The molecule has 0 aliphatic carbocycles. The van der Waals surface area contributed by atoms with Crippen molar-refractivity contribution in [2.75, 3.05) is 19.6 Å². The fraction of sp³-hybridized carbons (Fsp3) is 0.423. The minimum Gasteiger partial charge on any atom is -0.341 e. The molecule has 2 aliphatic rings. The van der Waals surface area contributed by atoms with Gasteiger partial charge >= 0.3 is 6.03 Å². The Morgan fingerprint density at radius 2 is 1.62 bits per heavy atom. The first kappa shape index (κ1) is 22.1. The summed E-state index contributed by atoms with van der Waals surface area (Å²) in [6.07, 6.45) is 4.12. The summed E-state index contributed by atoms with van der Waals surface area (Å²) in [5.41, 5.74) is 0.998. The zero-order chi connectivity index (χ0) is 22.6. The molecule has 32 heavy (non-hydrogen) atoms. The Morgan fingerprint density at radius 1 is 1.00 bits per heavy atom. The van der Waals surface area contributed by atoms with Crippen molar-refractivity contribution in [3.8, 4) is 0 Å². The molecular formula is C26H31N3O3. The summed E-state index contributed by atoms with van der Waals surface area (Å²) in [6.45, 7) is 3.11. The second-order valence-electron chi connectivity index (χ2n) is 8.86. The van der Waals surface area contributed by atoms with Crippen LogP contribution in [-0.4, -0.2) is 47.3 Å². The van der Waals surface area contributed by atoms with Crippen molar-refractivity contribution in [1.82, 2.24) is 15.1 Å². The highest BCUT2D eigenvalue weighted by Crippen LogP contribution is 2.33. The smallest absolute Gasteiger partial charge is 0.325 e. The maximum absolute atomic E-state index is 13.4. The third-order valence-corrected chi connectivity index (χ3v) is 6.70. The van der Waals surface area contributed by atoms with Crippen LogP contribution in [0.3, 0.4) is 0 Å². The van der Waals surface area contributed by atoms with Gasteiger partial charge in [0.15, 0.2) is 0 Å². The summed E-state index contributed by atoms with van der Waals surface area (Å²) in [5, 5.41) is 2.89. The van der Waals surface area contributed by atoms with Crippen LogP contribution in [0.1, 0.15) is 43.7 Å². The fourth-order valence-electron chi connectivity index (χ4n) is 4.95. The van der Waals surface area contributed by atoms with Crippen molar-refractivity contribution < 1.29 is 14.4 Å². The molecule has 1 N–H and O–H groups in total. The van der Waals surface area contributed by atoms with Crippen molar-refractivity contribution in [2.45, 2.75) is 44.6 Å². The lowest BCUT2D eigenvalue weighted by atomic mass is 9.85. The number of hydrogen-bond donors (Lipinski definition) is 1. The Kier molecular flexibility index (Phi) is 6.58. The number of carbonyl (C=O) groups excluding carboxylic acids is 3. The second-order valence-corrected chi connectivity index (χ2v) is 8.86. The number of likely N-dealkylation sites (tertiary alicyclic amines) is 1. The van der Waals surface area contributed by atoms with Crippen LogP contribution in [0.4, 0.5) is 4.79 Å². The van der Waals surface area contributed by atoms with Gasteiger partial charge in [-0.05, 0) is 42.7 Å². The Morgan fingerprint density at radius 3 is 2.25 bits per heavy atom. The van der Waals surface area contributed by atoms with Crippen molar-refractivity contribution in [3.05, 3.63) is 71.8 Å². The molecule has 168 valence electrons. The molecule has 4 amide bonds. The largest absolute Gasteiger partial charge is 0.341 e. The van der Waals surface area contributed by atoms with E-state index in [1.807, 2.05) is 43.3 Å². The number of imide groups is 1. The highest BCUT2D eigenvalue weighted by atomic mass is 16.2. The van der Waals surface area contributed by atoms with Crippen LogP contribution < -0.4 is 5.32 Å². The number of rotatable bonds is 7. The lowest BCUT2D eigenvalue weighted by Crippen LogP contribution is -2.47. The third kappa shape index (κ3) is 4.40.